The first-order valence-electron chi connectivity index (χ1n) is 3.54. The zero-order valence-corrected chi connectivity index (χ0v) is 8.92. The predicted molar refractivity (Wildman–Crippen MR) is 46.4 cm³/mol. The maximum Gasteiger partial charge on any atom is 0.420 e. The van der Waals surface area contributed by atoms with Crippen LogP contribution in [0.1, 0.15) is 6.92 Å². The SMILES string of the molecule is CC#CC#C[I+]c1ccccc1. The molecular formula is C11H8I+. The van der Waals surface area contributed by atoms with Crippen LogP contribution in [0.4, 0.5) is 0 Å². The predicted octanol–water partition coefficient (Wildman–Crippen LogP) is -1.07. The summed E-state index contributed by atoms with van der Waals surface area (Å²) < 4.78 is 4.44. The van der Waals surface area contributed by atoms with Gasteiger partial charge >= 0.3 is 21.2 Å². The molecule has 0 aliphatic carbocycles. The van der Waals surface area contributed by atoms with Crippen molar-refractivity contribution in [1.29, 1.82) is 0 Å². The average Bonchev–Trinajstić information content (AvgIpc) is 2.14. The van der Waals surface area contributed by atoms with E-state index in [9.17, 15) is 0 Å². The highest BCUT2D eigenvalue weighted by molar-refractivity contribution is 5.22. The van der Waals surface area contributed by atoms with E-state index in [0.717, 1.165) is 0 Å². The fourth-order valence-electron chi connectivity index (χ4n) is 0.642. The van der Waals surface area contributed by atoms with Gasteiger partial charge in [0.25, 0.3) is 0 Å². The van der Waals surface area contributed by atoms with Crippen LogP contribution < -0.4 is 21.2 Å². The van der Waals surface area contributed by atoms with Crippen LogP contribution in [0.5, 0.6) is 0 Å². The standard InChI is InChI=1S/C11H8I/c1-2-3-7-10-12-11-8-5-4-6-9-11/h4-6,8-9H,1H3/q+1. The molecule has 0 saturated heterocycles. The number of rotatable bonds is 1. The Hall–Kier alpha value is -0.930. The van der Waals surface area contributed by atoms with Crippen molar-refractivity contribution in [3.05, 3.63) is 33.9 Å². The Bertz CT molecular complexity index is 343. The molecule has 0 unspecified atom stereocenters. The topological polar surface area (TPSA) is 0 Å². The molecule has 0 aromatic heterocycles. The van der Waals surface area contributed by atoms with Crippen LogP contribution in [0.25, 0.3) is 0 Å². The van der Waals surface area contributed by atoms with Crippen molar-refractivity contribution in [2.24, 2.45) is 0 Å². The van der Waals surface area contributed by atoms with Crippen LogP contribution in [-0.2, 0) is 0 Å². The van der Waals surface area contributed by atoms with E-state index in [-0.39, 0.29) is 21.2 Å². The van der Waals surface area contributed by atoms with Crippen molar-refractivity contribution in [3.63, 3.8) is 0 Å². The Morgan fingerprint density at radius 2 is 1.83 bits per heavy atom. The molecule has 0 heterocycles. The Labute approximate surface area is 83.6 Å². The molecular weight excluding hydrogens is 259 g/mol. The highest BCUT2D eigenvalue weighted by atomic mass is 127. The average molecular weight is 267 g/mol. The van der Waals surface area contributed by atoms with Gasteiger partial charge in [-0.1, -0.05) is 24.1 Å². The third-order valence-corrected chi connectivity index (χ3v) is 3.01. The molecule has 0 radical (unpaired) electrons. The van der Waals surface area contributed by atoms with Gasteiger partial charge in [0.2, 0.25) is 7.50 Å². The van der Waals surface area contributed by atoms with Crippen molar-refractivity contribution < 1.29 is 21.2 Å². The summed E-state index contributed by atoms with van der Waals surface area (Å²) in [7, 11) is 0. The van der Waals surface area contributed by atoms with E-state index >= 15 is 0 Å². The summed E-state index contributed by atoms with van der Waals surface area (Å²) >= 11 is -0.149. The van der Waals surface area contributed by atoms with Crippen LogP contribution in [0.3, 0.4) is 0 Å². The molecule has 1 aromatic rings. The van der Waals surface area contributed by atoms with Gasteiger partial charge in [-0.25, -0.2) is 0 Å². The Kier molecular flexibility index (Phi) is 4.34. The van der Waals surface area contributed by atoms with E-state index in [1.54, 1.807) is 6.92 Å². The lowest BCUT2D eigenvalue weighted by Crippen LogP contribution is -3.59. The molecule has 1 heteroatoms. The number of hydrogen-bond acceptors (Lipinski definition) is 0. The molecule has 0 atom stereocenters. The van der Waals surface area contributed by atoms with E-state index in [0.29, 0.717) is 0 Å². The minimum absolute atomic E-state index is 0.149. The normalized spacial score (nSPS) is 7.42. The number of halogens is 1. The highest BCUT2D eigenvalue weighted by Crippen LogP contribution is 1.81. The zero-order valence-electron chi connectivity index (χ0n) is 6.76. The van der Waals surface area contributed by atoms with Gasteiger partial charge in [-0.05, 0) is 25.0 Å². The largest absolute Gasteiger partial charge is 0.420 e. The minimum Gasteiger partial charge on any atom is -0.0924 e. The molecule has 1 aromatic carbocycles. The highest BCUT2D eigenvalue weighted by Gasteiger charge is 2.05. The van der Waals surface area contributed by atoms with E-state index < -0.39 is 0 Å². The van der Waals surface area contributed by atoms with Crippen LogP contribution in [-0.4, -0.2) is 0 Å². The summed E-state index contributed by atoms with van der Waals surface area (Å²) in [6.07, 6.45) is 0. The molecule has 0 aliphatic heterocycles. The molecule has 0 spiro atoms. The molecule has 0 fully saturated rings. The van der Waals surface area contributed by atoms with Crippen molar-refractivity contribution in [2.75, 3.05) is 0 Å². The summed E-state index contributed by atoms with van der Waals surface area (Å²) in [5.41, 5.74) is 0. The van der Waals surface area contributed by atoms with Gasteiger partial charge in [0.1, 0.15) is 0 Å². The van der Waals surface area contributed by atoms with Crippen molar-refractivity contribution in [2.45, 2.75) is 6.92 Å². The fourth-order valence-corrected chi connectivity index (χ4v) is 2.00. The maximum absolute atomic E-state index is 3.09. The van der Waals surface area contributed by atoms with E-state index in [2.05, 4.69) is 33.8 Å². The third-order valence-electron chi connectivity index (χ3n) is 1.12. The van der Waals surface area contributed by atoms with Gasteiger partial charge in [0, 0.05) is 5.92 Å². The van der Waals surface area contributed by atoms with Gasteiger partial charge in [-0.15, -0.1) is 0 Å². The van der Waals surface area contributed by atoms with Crippen LogP contribution in [0.15, 0.2) is 30.3 Å². The van der Waals surface area contributed by atoms with Crippen molar-refractivity contribution in [3.8, 4) is 21.7 Å². The molecule has 12 heavy (non-hydrogen) atoms. The summed E-state index contributed by atoms with van der Waals surface area (Å²) in [6.45, 7) is 1.80. The van der Waals surface area contributed by atoms with Crippen LogP contribution in [0, 0.1) is 25.3 Å². The van der Waals surface area contributed by atoms with Crippen LogP contribution >= 0.6 is 0 Å². The van der Waals surface area contributed by atoms with E-state index in [1.165, 1.54) is 3.57 Å². The lowest BCUT2D eigenvalue weighted by atomic mass is 10.4. The molecule has 0 bridgehead atoms. The fraction of sp³-hybridized carbons (Fsp3) is 0.0909. The lowest BCUT2D eigenvalue weighted by molar-refractivity contribution is -0.535. The first kappa shape index (κ1) is 9.16. The molecule has 0 aliphatic rings. The molecule has 58 valence electrons. The summed E-state index contributed by atoms with van der Waals surface area (Å²) in [6, 6.07) is 10.3. The van der Waals surface area contributed by atoms with Gasteiger partial charge in [-0.3, -0.25) is 0 Å². The number of hydrogen-bond donors (Lipinski definition) is 0. The summed E-state index contributed by atoms with van der Waals surface area (Å²) in [5, 5.41) is 0. The first-order valence-corrected chi connectivity index (χ1v) is 5.70. The van der Waals surface area contributed by atoms with Gasteiger partial charge in [-0.2, -0.15) is 0 Å². The number of benzene rings is 1. The second kappa shape index (κ2) is 5.69. The lowest BCUT2D eigenvalue weighted by Gasteiger charge is -1.75. The van der Waals surface area contributed by atoms with Gasteiger partial charge in [0.15, 0.2) is 0 Å². The smallest absolute Gasteiger partial charge is 0.0924 e. The Morgan fingerprint density at radius 1 is 1.08 bits per heavy atom. The van der Waals surface area contributed by atoms with E-state index in [4.69, 9.17) is 0 Å². The van der Waals surface area contributed by atoms with Crippen LogP contribution in [0.2, 0.25) is 0 Å². The Morgan fingerprint density at radius 3 is 2.50 bits per heavy atom. The molecule has 0 N–H and O–H groups in total. The molecule has 0 amide bonds. The van der Waals surface area contributed by atoms with Crippen molar-refractivity contribution in [1.82, 2.24) is 0 Å². The maximum atomic E-state index is 3.09. The zero-order chi connectivity index (χ0) is 8.65. The summed E-state index contributed by atoms with van der Waals surface area (Å²) in [5.74, 6) is 8.30. The van der Waals surface area contributed by atoms with Gasteiger partial charge < -0.3 is 0 Å². The first-order chi connectivity index (χ1) is 5.93. The molecule has 1 rings (SSSR count). The van der Waals surface area contributed by atoms with Gasteiger partial charge in [0.05, 0.1) is 0 Å². The second-order valence-corrected chi connectivity index (χ2v) is 4.31. The second-order valence-electron chi connectivity index (χ2n) is 1.98. The monoisotopic (exact) mass is 267 g/mol. The Balaban J connectivity index is 2.54. The van der Waals surface area contributed by atoms with Crippen molar-refractivity contribution >= 4 is 0 Å². The summed E-state index contributed by atoms with van der Waals surface area (Å²) in [4.78, 5) is 0. The molecule has 0 nitrogen and oxygen atoms in total. The molecule has 0 saturated carbocycles. The minimum atomic E-state index is -0.149. The third kappa shape index (κ3) is 3.46. The quantitative estimate of drug-likeness (QED) is 0.449. The van der Waals surface area contributed by atoms with E-state index in [1.807, 2.05) is 18.2 Å².